The molecule has 2 aliphatic carbocycles. The fourth-order valence-corrected chi connectivity index (χ4v) is 3.49. The van der Waals surface area contributed by atoms with Gasteiger partial charge in [-0.3, -0.25) is 0 Å². The topological polar surface area (TPSA) is 69.6 Å². The summed E-state index contributed by atoms with van der Waals surface area (Å²) in [6.07, 6.45) is 5.33. The predicted octanol–water partition coefficient (Wildman–Crippen LogP) is 1.24. The number of nitrogens with one attached hydrogen (secondary N) is 1. The zero-order valence-electron chi connectivity index (χ0n) is 10.6. The van der Waals surface area contributed by atoms with Crippen molar-refractivity contribution in [1.82, 2.24) is 5.32 Å². The third kappa shape index (κ3) is 2.63. The number of hydrogen-bond acceptors (Lipinski definition) is 3. The van der Waals surface area contributed by atoms with Gasteiger partial charge in [-0.15, -0.1) is 0 Å². The van der Waals surface area contributed by atoms with E-state index in [0.717, 1.165) is 11.8 Å². The Morgan fingerprint density at radius 2 is 2.18 bits per heavy atom. The lowest BCUT2D eigenvalue weighted by molar-refractivity contribution is -0.156. The van der Waals surface area contributed by atoms with E-state index in [9.17, 15) is 9.90 Å². The number of aliphatic hydroxyl groups is 1. The number of aliphatic carboxylic acids is 1. The van der Waals surface area contributed by atoms with Crippen LogP contribution in [-0.2, 0) is 4.79 Å². The molecule has 0 heterocycles. The predicted molar refractivity (Wildman–Crippen MR) is 64.7 cm³/mol. The lowest BCUT2D eigenvalue weighted by Crippen LogP contribution is -2.49. The molecule has 5 unspecified atom stereocenters. The van der Waals surface area contributed by atoms with Gasteiger partial charge in [-0.05, 0) is 50.9 Å². The Kier molecular flexibility index (Phi) is 3.46. The zero-order chi connectivity index (χ0) is 12.6. The van der Waals surface area contributed by atoms with Gasteiger partial charge in [0.2, 0.25) is 0 Å². The number of carboxylic acids is 1. The highest BCUT2D eigenvalue weighted by atomic mass is 16.4. The Labute approximate surface area is 102 Å². The summed E-state index contributed by atoms with van der Waals surface area (Å²) < 4.78 is 0. The first-order valence-electron chi connectivity index (χ1n) is 6.59. The molecule has 2 aliphatic rings. The second-order valence-electron chi connectivity index (χ2n) is 6.09. The Hall–Kier alpha value is -0.610. The third-order valence-corrected chi connectivity index (χ3v) is 4.66. The molecule has 2 bridgehead atoms. The quantitative estimate of drug-likeness (QED) is 0.677. The van der Waals surface area contributed by atoms with Crippen molar-refractivity contribution in [2.75, 3.05) is 6.54 Å². The van der Waals surface area contributed by atoms with Crippen molar-refractivity contribution in [2.24, 2.45) is 17.8 Å². The van der Waals surface area contributed by atoms with Crippen molar-refractivity contribution in [3.63, 3.8) is 0 Å². The van der Waals surface area contributed by atoms with Crippen LogP contribution in [0.2, 0.25) is 0 Å². The average Bonchev–Trinajstić information content (AvgIpc) is 2.87. The van der Waals surface area contributed by atoms with Crippen molar-refractivity contribution in [3.05, 3.63) is 0 Å². The second-order valence-corrected chi connectivity index (χ2v) is 6.09. The van der Waals surface area contributed by atoms with E-state index >= 15 is 0 Å². The summed E-state index contributed by atoms with van der Waals surface area (Å²) in [7, 11) is 0. The summed E-state index contributed by atoms with van der Waals surface area (Å²) in [5.74, 6) is 1.22. The molecule has 2 fully saturated rings. The van der Waals surface area contributed by atoms with E-state index in [4.69, 9.17) is 5.11 Å². The van der Waals surface area contributed by atoms with Crippen LogP contribution in [0.1, 0.15) is 39.5 Å². The van der Waals surface area contributed by atoms with Gasteiger partial charge in [-0.2, -0.15) is 0 Å². The van der Waals surface area contributed by atoms with Crippen LogP contribution in [0.15, 0.2) is 0 Å². The Bertz CT molecular complexity index is 303. The maximum atomic E-state index is 10.8. The summed E-state index contributed by atoms with van der Waals surface area (Å²) >= 11 is 0. The smallest absolute Gasteiger partial charge is 0.336 e. The van der Waals surface area contributed by atoms with Crippen LogP contribution in [0, 0.1) is 17.8 Å². The molecular formula is C13H23NO3. The summed E-state index contributed by atoms with van der Waals surface area (Å²) in [4.78, 5) is 10.8. The minimum absolute atomic E-state index is 0.122. The fourth-order valence-electron chi connectivity index (χ4n) is 3.49. The summed E-state index contributed by atoms with van der Waals surface area (Å²) in [5, 5.41) is 21.7. The minimum atomic E-state index is -1.66. The van der Waals surface area contributed by atoms with Crippen LogP contribution in [0.3, 0.4) is 0 Å². The molecule has 4 nitrogen and oxygen atoms in total. The largest absolute Gasteiger partial charge is 0.479 e. The van der Waals surface area contributed by atoms with Gasteiger partial charge >= 0.3 is 5.97 Å². The van der Waals surface area contributed by atoms with Gasteiger partial charge in [0.25, 0.3) is 0 Å². The van der Waals surface area contributed by atoms with Crippen LogP contribution < -0.4 is 5.32 Å². The van der Waals surface area contributed by atoms with Crippen LogP contribution in [0.25, 0.3) is 0 Å². The van der Waals surface area contributed by atoms with Crippen molar-refractivity contribution in [2.45, 2.75) is 51.2 Å². The highest BCUT2D eigenvalue weighted by molar-refractivity contribution is 5.76. The van der Waals surface area contributed by atoms with E-state index in [2.05, 4.69) is 12.2 Å². The van der Waals surface area contributed by atoms with Gasteiger partial charge < -0.3 is 15.5 Å². The lowest BCUT2D eigenvalue weighted by atomic mass is 9.84. The van der Waals surface area contributed by atoms with E-state index in [1.54, 1.807) is 0 Å². The summed E-state index contributed by atoms with van der Waals surface area (Å²) in [6.45, 7) is 3.58. The van der Waals surface area contributed by atoms with Gasteiger partial charge in [0.05, 0.1) is 0 Å². The second kappa shape index (κ2) is 4.58. The Morgan fingerprint density at radius 1 is 1.47 bits per heavy atom. The molecule has 4 heteroatoms. The van der Waals surface area contributed by atoms with Crippen molar-refractivity contribution < 1.29 is 15.0 Å². The van der Waals surface area contributed by atoms with Gasteiger partial charge in [-0.1, -0.05) is 6.42 Å². The maximum absolute atomic E-state index is 10.8. The molecule has 98 valence electrons. The van der Waals surface area contributed by atoms with E-state index in [0.29, 0.717) is 12.0 Å². The maximum Gasteiger partial charge on any atom is 0.336 e. The molecule has 3 N–H and O–H groups in total. The highest BCUT2D eigenvalue weighted by Crippen LogP contribution is 2.49. The SMILES string of the molecule is CC(NCC(C)(O)C(=O)O)C1CC2CCC1C2. The van der Waals surface area contributed by atoms with Crippen LogP contribution in [0.4, 0.5) is 0 Å². The van der Waals surface area contributed by atoms with Gasteiger partial charge in [-0.25, -0.2) is 4.79 Å². The molecule has 0 amide bonds. The first-order chi connectivity index (χ1) is 7.90. The van der Waals surface area contributed by atoms with E-state index < -0.39 is 11.6 Å². The Morgan fingerprint density at radius 3 is 2.65 bits per heavy atom. The normalized spacial score (nSPS) is 36.8. The van der Waals surface area contributed by atoms with Gasteiger partial charge in [0, 0.05) is 12.6 Å². The summed E-state index contributed by atoms with van der Waals surface area (Å²) in [6, 6.07) is 0.302. The molecule has 0 spiro atoms. The van der Waals surface area contributed by atoms with Gasteiger partial charge in [0.15, 0.2) is 5.60 Å². The van der Waals surface area contributed by atoms with Crippen LogP contribution >= 0.6 is 0 Å². The number of rotatable bonds is 5. The van der Waals surface area contributed by atoms with Crippen molar-refractivity contribution >= 4 is 5.97 Å². The highest BCUT2D eigenvalue weighted by Gasteiger charge is 2.42. The number of hydrogen-bond donors (Lipinski definition) is 3. The monoisotopic (exact) mass is 241 g/mol. The van der Waals surface area contributed by atoms with E-state index in [1.165, 1.54) is 32.6 Å². The number of carbonyl (C=O) groups is 1. The van der Waals surface area contributed by atoms with Crippen molar-refractivity contribution in [1.29, 1.82) is 0 Å². The van der Waals surface area contributed by atoms with Crippen LogP contribution in [0.5, 0.6) is 0 Å². The molecule has 2 saturated carbocycles. The number of carboxylic acid groups (broad SMARTS) is 1. The molecule has 2 rings (SSSR count). The Balaban J connectivity index is 1.82. The van der Waals surface area contributed by atoms with Crippen LogP contribution in [-0.4, -0.2) is 34.4 Å². The molecule has 0 aromatic carbocycles. The third-order valence-electron chi connectivity index (χ3n) is 4.66. The first kappa shape index (κ1) is 12.8. The molecule has 0 saturated heterocycles. The zero-order valence-corrected chi connectivity index (χ0v) is 10.6. The van der Waals surface area contributed by atoms with E-state index in [-0.39, 0.29) is 6.54 Å². The molecule has 0 aromatic heterocycles. The van der Waals surface area contributed by atoms with Gasteiger partial charge in [0.1, 0.15) is 0 Å². The molecule has 0 radical (unpaired) electrons. The number of fused-ring (bicyclic) bond motifs is 2. The average molecular weight is 241 g/mol. The lowest BCUT2D eigenvalue weighted by Gasteiger charge is -2.30. The summed E-state index contributed by atoms with van der Waals surface area (Å²) in [5.41, 5.74) is -1.66. The first-order valence-corrected chi connectivity index (χ1v) is 6.59. The molecule has 0 aliphatic heterocycles. The molecule has 5 atom stereocenters. The molecule has 0 aromatic rings. The fraction of sp³-hybridized carbons (Fsp3) is 0.923. The minimum Gasteiger partial charge on any atom is -0.479 e. The van der Waals surface area contributed by atoms with E-state index in [1.807, 2.05) is 0 Å². The molecular weight excluding hydrogens is 218 g/mol. The molecule has 17 heavy (non-hydrogen) atoms. The van der Waals surface area contributed by atoms with Crippen molar-refractivity contribution in [3.8, 4) is 0 Å². The standard InChI is InChI=1S/C13H23NO3/c1-8(14-7-13(2,17)12(15)16)11-6-9-3-4-10(11)5-9/h8-11,14,17H,3-7H2,1-2H3,(H,15,16).